The van der Waals surface area contributed by atoms with Crippen LogP contribution < -0.4 is 5.32 Å². The van der Waals surface area contributed by atoms with E-state index in [1.807, 2.05) is 36.7 Å². The summed E-state index contributed by atoms with van der Waals surface area (Å²) in [6.45, 7) is 4.05. The minimum absolute atomic E-state index is 0.0232. The molecule has 2 aromatic rings. The van der Waals surface area contributed by atoms with E-state index >= 15 is 0 Å². The molecule has 1 saturated heterocycles. The largest absolute Gasteiger partial charge is 0.336 e. The average molecular weight is 288 g/mol. The highest BCUT2D eigenvalue weighted by Crippen LogP contribution is 2.23. The summed E-state index contributed by atoms with van der Waals surface area (Å²) in [7, 11) is 3.78. The van der Waals surface area contributed by atoms with Crippen LogP contribution in [0.5, 0.6) is 0 Å². The molecule has 112 valence electrons. The number of imidazole rings is 1. The number of nitrogens with one attached hydrogen (secondary N) is 1. The van der Waals surface area contributed by atoms with Gasteiger partial charge in [0.1, 0.15) is 11.9 Å². The summed E-state index contributed by atoms with van der Waals surface area (Å²) in [4.78, 5) is 19.2. The molecule has 0 saturated carbocycles. The second-order valence-electron chi connectivity index (χ2n) is 5.42. The third-order valence-electron chi connectivity index (χ3n) is 3.90. The number of hydrogen-bond acceptors (Lipinski definition) is 4. The van der Waals surface area contributed by atoms with E-state index in [1.54, 1.807) is 17.1 Å². The van der Waals surface area contributed by atoms with Crippen molar-refractivity contribution < 1.29 is 4.79 Å². The standard InChI is InChI=1S/C14H20N6O/c1-10-11(9-19(3)17-10)14(21)20-7-4-15-8-12(20)13-16-5-6-18(13)2/h5-6,9,12,15H,4,7-8H2,1-3H3. The third-order valence-corrected chi connectivity index (χ3v) is 3.90. The molecule has 0 spiro atoms. The topological polar surface area (TPSA) is 68.0 Å². The molecule has 1 N–H and O–H groups in total. The molecule has 0 aromatic carbocycles. The van der Waals surface area contributed by atoms with E-state index in [4.69, 9.17) is 0 Å². The van der Waals surface area contributed by atoms with Gasteiger partial charge in [-0.25, -0.2) is 4.98 Å². The molecule has 2 aromatic heterocycles. The number of amides is 1. The molecule has 1 aliphatic rings. The van der Waals surface area contributed by atoms with Crippen LogP contribution in [0.1, 0.15) is 27.9 Å². The number of rotatable bonds is 2. The molecule has 1 fully saturated rings. The molecule has 1 unspecified atom stereocenters. The van der Waals surface area contributed by atoms with E-state index in [9.17, 15) is 4.79 Å². The molecular formula is C14H20N6O. The Hall–Kier alpha value is -2.15. The van der Waals surface area contributed by atoms with Gasteiger partial charge >= 0.3 is 0 Å². The first-order valence-electron chi connectivity index (χ1n) is 7.07. The van der Waals surface area contributed by atoms with E-state index in [0.717, 1.165) is 24.6 Å². The smallest absolute Gasteiger partial charge is 0.258 e. The zero-order valence-electron chi connectivity index (χ0n) is 12.6. The van der Waals surface area contributed by atoms with E-state index in [2.05, 4.69) is 15.4 Å². The van der Waals surface area contributed by atoms with Gasteiger partial charge in [-0.05, 0) is 6.92 Å². The molecule has 1 aliphatic heterocycles. The fraction of sp³-hybridized carbons (Fsp3) is 0.500. The highest BCUT2D eigenvalue weighted by atomic mass is 16.2. The van der Waals surface area contributed by atoms with Gasteiger partial charge in [0.25, 0.3) is 5.91 Å². The normalized spacial score (nSPS) is 19.0. The first-order chi connectivity index (χ1) is 10.1. The zero-order valence-corrected chi connectivity index (χ0v) is 12.6. The van der Waals surface area contributed by atoms with Crippen LogP contribution in [0.25, 0.3) is 0 Å². The van der Waals surface area contributed by atoms with E-state index in [-0.39, 0.29) is 11.9 Å². The molecule has 21 heavy (non-hydrogen) atoms. The fourth-order valence-electron chi connectivity index (χ4n) is 2.84. The lowest BCUT2D eigenvalue weighted by molar-refractivity contribution is 0.0620. The van der Waals surface area contributed by atoms with E-state index < -0.39 is 0 Å². The fourth-order valence-corrected chi connectivity index (χ4v) is 2.84. The van der Waals surface area contributed by atoms with Gasteiger partial charge < -0.3 is 14.8 Å². The monoisotopic (exact) mass is 288 g/mol. The van der Waals surface area contributed by atoms with E-state index in [1.165, 1.54) is 0 Å². The summed E-state index contributed by atoms with van der Waals surface area (Å²) in [5.74, 6) is 0.923. The van der Waals surface area contributed by atoms with Crippen molar-refractivity contribution >= 4 is 5.91 Å². The zero-order chi connectivity index (χ0) is 15.0. The van der Waals surface area contributed by atoms with Gasteiger partial charge in [-0.2, -0.15) is 5.10 Å². The maximum atomic E-state index is 12.9. The van der Waals surface area contributed by atoms with Crippen LogP contribution in [-0.4, -0.2) is 49.8 Å². The average Bonchev–Trinajstić information content (AvgIpc) is 3.03. The van der Waals surface area contributed by atoms with Gasteiger partial charge in [-0.3, -0.25) is 9.48 Å². The van der Waals surface area contributed by atoms with Crippen molar-refractivity contribution in [2.45, 2.75) is 13.0 Å². The Balaban J connectivity index is 1.93. The van der Waals surface area contributed by atoms with Crippen molar-refractivity contribution in [3.8, 4) is 0 Å². The van der Waals surface area contributed by atoms with E-state index in [0.29, 0.717) is 12.1 Å². The van der Waals surface area contributed by atoms with Crippen LogP contribution in [0.4, 0.5) is 0 Å². The second-order valence-corrected chi connectivity index (χ2v) is 5.42. The first kappa shape index (κ1) is 13.8. The molecule has 7 heteroatoms. The quantitative estimate of drug-likeness (QED) is 0.860. The molecule has 3 rings (SSSR count). The van der Waals surface area contributed by atoms with Crippen molar-refractivity contribution in [2.75, 3.05) is 19.6 Å². The summed E-state index contributed by atoms with van der Waals surface area (Å²) in [6, 6.07) is -0.0501. The van der Waals surface area contributed by atoms with Crippen molar-refractivity contribution in [1.82, 2.24) is 29.5 Å². The predicted molar refractivity (Wildman–Crippen MR) is 77.8 cm³/mol. The highest BCUT2D eigenvalue weighted by molar-refractivity contribution is 5.95. The molecule has 7 nitrogen and oxygen atoms in total. The van der Waals surface area contributed by atoms with Crippen molar-refractivity contribution in [1.29, 1.82) is 0 Å². The number of carbonyl (C=O) groups is 1. The lowest BCUT2D eigenvalue weighted by Crippen LogP contribution is -2.49. The van der Waals surface area contributed by atoms with Gasteiger partial charge in [0, 0.05) is 52.3 Å². The number of piperazine rings is 1. The Bertz CT molecular complexity index is 658. The minimum Gasteiger partial charge on any atom is -0.336 e. The molecule has 1 amide bonds. The number of nitrogens with zero attached hydrogens (tertiary/aromatic N) is 5. The van der Waals surface area contributed by atoms with Crippen LogP contribution in [0, 0.1) is 6.92 Å². The Morgan fingerprint density at radius 1 is 1.43 bits per heavy atom. The maximum Gasteiger partial charge on any atom is 0.258 e. The van der Waals surface area contributed by atoms with Crippen LogP contribution >= 0.6 is 0 Å². The number of aryl methyl sites for hydroxylation is 3. The molecule has 0 radical (unpaired) electrons. The summed E-state index contributed by atoms with van der Waals surface area (Å²) in [5, 5.41) is 7.60. The predicted octanol–water partition coefficient (Wildman–Crippen LogP) is 0.249. The third kappa shape index (κ3) is 2.44. The molecule has 0 aliphatic carbocycles. The van der Waals surface area contributed by atoms with Gasteiger partial charge in [0.15, 0.2) is 0 Å². The number of aromatic nitrogens is 4. The Labute approximate surface area is 123 Å². The number of carbonyl (C=O) groups excluding carboxylic acids is 1. The Kier molecular flexibility index (Phi) is 3.50. The summed E-state index contributed by atoms with van der Waals surface area (Å²) >= 11 is 0. The lowest BCUT2D eigenvalue weighted by Gasteiger charge is -2.35. The van der Waals surface area contributed by atoms with Crippen LogP contribution in [0.15, 0.2) is 18.6 Å². The van der Waals surface area contributed by atoms with Crippen LogP contribution in [0.2, 0.25) is 0 Å². The summed E-state index contributed by atoms with van der Waals surface area (Å²) < 4.78 is 3.65. The molecular weight excluding hydrogens is 268 g/mol. The summed E-state index contributed by atoms with van der Waals surface area (Å²) in [6.07, 6.45) is 5.46. The highest BCUT2D eigenvalue weighted by Gasteiger charge is 2.32. The number of hydrogen-bond donors (Lipinski definition) is 1. The van der Waals surface area contributed by atoms with Gasteiger partial charge in [0.05, 0.1) is 11.3 Å². The molecule has 3 heterocycles. The van der Waals surface area contributed by atoms with Crippen molar-refractivity contribution in [3.05, 3.63) is 35.7 Å². The van der Waals surface area contributed by atoms with Crippen molar-refractivity contribution in [2.24, 2.45) is 14.1 Å². The van der Waals surface area contributed by atoms with Gasteiger partial charge in [-0.15, -0.1) is 0 Å². The lowest BCUT2D eigenvalue weighted by atomic mass is 10.1. The van der Waals surface area contributed by atoms with Crippen LogP contribution in [0.3, 0.4) is 0 Å². The maximum absolute atomic E-state index is 12.9. The Morgan fingerprint density at radius 2 is 2.24 bits per heavy atom. The molecule has 1 atom stereocenters. The van der Waals surface area contributed by atoms with Gasteiger partial charge in [0.2, 0.25) is 0 Å². The van der Waals surface area contributed by atoms with Crippen LogP contribution in [-0.2, 0) is 14.1 Å². The minimum atomic E-state index is -0.0501. The van der Waals surface area contributed by atoms with Crippen molar-refractivity contribution in [3.63, 3.8) is 0 Å². The molecule has 0 bridgehead atoms. The summed E-state index contributed by atoms with van der Waals surface area (Å²) in [5.41, 5.74) is 1.43. The van der Waals surface area contributed by atoms with Gasteiger partial charge in [-0.1, -0.05) is 0 Å². The first-order valence-corrected chi connectivity index (χ1v) is 7.07. The Morgan fingerprint density at radius 3 is 2.86 bits per heavy atom. The SMILES string of the molecule is Cc1nn(C)cc1C(=O)N1CCNCC1c1nccn1C. The second kappa shape index (κ2) is 5.33.